The Balaban J connectivity index is 1.24. The topological polar surface area (TPSA) is 81.9 Å². The van der Waals surface area contributed by atoms with Crippen LogP contribution in [0.15, 0.2) is 97.6 Å². The lowest BCUT2D eigenvalue weighted by Gasteiger charge is -2.09. The van der Waals surface area contributed by atoms with Gasteiger partial charge in [-0.1, -0.05) is 42.5 Å². The molecule has 0 unspecified atom stereocenters. The van der Waals surface area contributed by atoms with E-state index in [1.165, 1.54) is 6.33 Å². The zero-order chi connectivity index (χ0) is 21.8. The highest BCUT2D eigenvalue weighted by molar-refractivity contribution is 5.96. The molecule has 1 N–H and O–H groups in total. The summed E-state index contributed by atoms with van der Waals surface area (Å²) in [7, 11) is 0. The average Bonchev–Trinajstić information content (AvgIpc) is 3.36. The molecular weight excluding hydrogens is 402 g/mol. The number of aromatic nitrogens is 4. The van der Waals surface area contributed by atoms with Crippen molar-refractivity contribution in [2.45, 2.75) is 6.42 Å². The number of hydrogen-bond acceptors (Lipinski definition) is 5. The van der Waals surface area contributed by atoms with Gasteiger partial charge < -0.3 is 10.1 Å². The zero-order valence-electron chi connectivity index (χ0n) is 17.1. The van der Waals surface area contributed by atoms with Crippen LogP contribution in [0, 0.1) is 0 Å². The molecule has 0 aliphatic heterocycles. The Morgan fingerprint density at radius 3 is 2.62 bits per heavy atom. The largest absolute Gasteiger partial charge is 0.439 e. The molecule has 0 bridgehead atoms. The monoisotopic (exact) mass is 421 g/mol. The van der Waals surface area contributed by atoms with Gasteiger partial charge in [-0.25, -0.2) is 14.6 Å². The Bertz CT molecular complexity index is 1360. The highest BCUT2D eigenvalue weighted by Crippen LogP contribution is 2.23. The van der Waals surface area contributed by atoms with Crippen LogP contribution in [0.25, 0.3) is 16.6 Å². The summed E-state index contributed by atoms with van der Waals surface area (Å²) in [5.74, 6) is 1.53. The summed E-state index contributed by atoms with van der Waals surface area (Å²) in [6, 6.07) is 24.7. The molecule has 7 nitrogen and oxygen atoms in total. The van der Waals surface area contributed by atoms with Gasteiger partial charge in [0.15, 0.2) is 5.82 Å². The van der Waals surface area contributed by atoms with Crippen molar-refractivity contribution in [3.8, 4) is 17.4 Å². The van der Waals surface area contributed by atoms with E-state index in [4.69, 9.17) is 4.74 Å². The molecule has 0 aliphatic carbocycles. The maximum absolute atomic E-state index is 12.6. The second-order valence-electron chi connectivity index (χ2n) is 7.15. The molecule has 32 heavy (non-hydrogen) atoms. The van der Waals surface area contributed by atoms with Crippen molar-refractivity contribution < 1.29 is 9.53 Å². The van der Waals surface area contributed by atoms with Crippen LogP contribution < -0.4 is 10.1 Å². The van der Waals surface area contributed by atoms with Crippen LogP contribution in [0.4, 0.5) is 5.69 Å². The molecule has 0 aliphatic rings. The van der Waals surface area contributed by atoms with Crippen LogP contribution in [-0.4, -0.2) is 25.7 Å². The fourth-order valence-corrected chi connectivity index (χ4v) is 3.47. The minimum atomic E-state index is -0.0744. The van der Waals surface area contributed by atoms with E-state index in [-0.39, 0.29) is 5.91 Å². The first-order chi connectivity index (χ1) is 15.7. The van der Waals surface area contributed by atoms with E-state index >= 15 is 0 Å². The molecule has 0 atom stereocenters. The molecule has 0 radical (unpaired) electrons. The van der Waals surface area contributed by atoms with Gasteiger partial charge >= 0.3 is 0 Å². The van der Waals surface area contributed by atoms with Gasteiger partial charge in [0.2, 0.25) is 11.8 Å². The van der Waals surface area contributed by atoms with Gasteiger partial charge in [0.1, 0.15) is 12.1 Å². The van der Waals surface area contributed by atoms with Crippen molar-refractivity contribution in [2.75, 3.05) is 5.32 Å². The number of fused-ring (bicyclic) bond motifs is 1. The highest BCUT2D eigenvalue weighted by Gasteiger charge is 2.08. The molecule has 0 fully saturated rings. The van der Waals surface area contributed by atoms with Crippen molar-refractivity contribution in [3.63, 3.8) is 0 Å². The van der Waals surface area contributed by atoms with Gasteiger partial charge in [-0.2, -0.15) is 5.10 Å². The van der Waals surface area contributed by atoms with E-state index in [2.05, 4.69) is 20.4 Å². The van der Waals surface area contributed by atoms with Gasteiger partial charge in [-0.3, -0.25) is 4.79 Å². The van der Waals surface area contributed by atoms with Crippen molar-refractivity contribution in [1.82, 2.24) is 19.7 Å². The molecule has 0 spiro atoms. The van der Waals surface area contributed by atoms with Crippen molar-refractivity contribution in [3.05, 3.63) is 103 Å². The van der Waals surface area contributed by atoms with E-state index in [1.54, 1.807) is 47.4 Å². The number of nitrogens with zero attached hydrogens (tertiary/aromatic N) is 4. The Kier molecular flexibility index (Phi) is 5.28. The average molecular weight is 421 g/mol. The van der Waals surface area contributed by atoms with Crippen LogP contribution in [0.1, 0.15) is 5.56 Å². The standard InChI is InChI=1S/C25H19N5O2/c31-24(15-19-7-3-6-18-5-1-2-8-22(18)19)29-20-9-11-21(12-10-20)32-25-16-23(26-17-27-25)30-14-4-13-28-30/h1-14,16-17H,15H2,(H,29,31). The number of carbonyl (C=O) groups excluding carboxylic acids is 1. The molecule has 0 saturated heterocycles. The summed E-state index contributed by atoms with van der Waals surface area (Å²) in [6.45, 7) is 0. The van der Waals surface area contributed by atoms with Gasteiger partial charge in [0.05, 0.1) is 6.42 Å². The number of rotatable bonds is 6. The Morgan fingerprint density at radius 1 is 0.938 bits per heavy atom. The van der Waals surface area contributed by atoms with E-state index < -0.39 is 0 Å². The molecular formula is C25H19N5O2. The molecule has 0 saturated carbocycles. The van der Waals surface area contributed by atoms with Gasteiger partial charge in [0, 0.05) is 24.1 Å². The third-order valence-corrected chi connectivity index (χ3v) is 4.96. The molecule has 5 aromatic rings. The van der Waals surface area contributed by atoms with Crippen molar-refractivity contribution in [2.24, 2.45) is 0 Å². The lowest BCUT2D eigenvalue weighted by molar-refractivity contribution is -0.115. The molecule has 2 heterocycles. The molecule has 5 rings (SSSR count). The molecule has 156 valence electrons. The third kappa shape index (κ3) is 4.32. The maximum atomic E-state index is 12.6. The van der Waals surface area contributed by atoms with Crippen LogP contribution in [0.2, 0.25) is 0 Å². The van der Waals surface area contributed by atoms with E-state index in [1.807, 2.05) is 48.5 Å². The summed E-state index contributed by atoms with van der Waals surface area (Å²) in [5, 5.41) is 9.31. The zero-order valence-corrected chi connectivity index (χ0v) is 17.1. The first-order valence-corrected chi connectivity index (χ1v) is 10.1. The highest BCUT2D eigenvalue weighted by atomic mass is 16.5. The number of carbonyl (C=O) groups is 1. The van der Waals surface area contributed by atoms with E-state index in [9.17, 15) is 4.79 Å². The van der Waals surface area contributed by atoms with Crippen LogP contribution >= 0.6 is 0 Å². The Morgan fingerprint density at radius 2 is 1.78 bits per heavy atom. The van der Waals surface area contributed by atoms with Gasteiger partial charge in [0.25, 0.3) is 0 Å². The fraction of sp³-hybridized carbons (Fsp3) is 0.0400. The lowest BCUT2D eigenvalue weighted by atomic mass is 10.0. The van der Waals surface area contributed by atoms with Gasteiger partial charge in [-0.05, 0) is 46.7 Å². The van der Waals surface area contributed by atoms with Crippen LogP contribution in [-0.2, 0) is 11.2 Å². The summed E-state index contributed by atoms with van der Waals surface area (Å²) in [5.41, 5.74) is 1.69. The Labute approximate surface area is 184 Å². The number of ether oxygens (including phenoxy) is 1. The Hall–Kier alpha value is -4.52. The first kappa shape index (κ1) is 19.4. The number of hydrogen-bond donors (Lipinski definition) is 1. The normalized spacial score (nSPS) is 10.8. The van der Waals surface area contributed by atoms with Crippen molar-refractivity contribution >= 4 is 22.4 Å². The van der Waals surface area contributed by atoms with E-state index in [0.29, 0.717) is 29.6 Å². The molecule has 3 aromatic carbocycles. The number of nitrogens with one attached hydrogen (secondary N) is 1. The summed E-state index contributed by atoms with van der Waals surface area (Å²) in [6.07, 6.45) is 5.20. The SMILES string of the molecule is O=C(Cc1cccc2ccccc12)Nc1ccc(Oc2cc(-n3cccn3)ncn2)cc1. The van der Waals surface area contributed by atoms with Crippen LogP contribution in [0.5, 0.6) is 11.6 Å². The smallest absolute Gasteiger partial charge is 0.228 e. The fourth-order valence-electron chi connectivity index (χ4n) is 3.47. The van der Waals surface area contributed by atoms with Gasteiger partial charge in [-0.15, -0.1) is 0 Å². The lowest BCUT2D eigenvalue weighted by Crippen LogP contribution is -2.14. The predicted octanol–water partition coefficient (Wildman–Crippen LogP) is 4.79. The minimum Gasteiger partial charge on any atom is -0.439 e. The summed E-state index contributed by atoms with van der Waals surface area (Å²) < 4.78 is 7.44. The van der Waals surface area contributed by atoms with Crippen molar-refractivity contribution in [1.29, 1.82) is 0 Å². The number of benzene rings is 3. The number of amides is 1. The minimum absolute atomic E-state index is 0.0744. The third-order valence-electron chi connectivity index (χ3n) is 4.96. The molecule has 2 aromatic heterocycles. The second-order valence-corrected chi connectivity index (χ2v) is 7.15. The van der Waals surface area contributed by atoms with Crippen LogP contribution in [0.3, 0.4) is 0 Å². The number of anilines is 1. The molecule has 1 amide bonds. The maximum Gasteiger partial charge on any atom is 0.228 e. The van der Waals surface area contributed by atoms with E-state index in [0.717, 1.165) is 16.3 Å². The quantitative estimate of drug-likeness (QED) is 0.426. The molecule has 7 heteroatoms. The first-order valence-electron chi connectivity index (χ1n) is 10.1. The summed E-state index contributed by atoms with van der Waals surface area (Å²) >= 11 is 0. The summed E-state index contributed by atoms with van der Waals surface area (Å²) in [4.78, 5) is 20.9. The predicted molar refractivity (Wildman–Crippen MR) is 122 cm³/mol. The second kappa shape index (κ2) is 8.69.